The molecule has 0 unspecified atom stereocenters. The molecule has 0 atom stereocenters. The molecule has 6 heteroatoms. The Kier molecular flexibility index (Phi) is 3.59. The van der Waals surface area contributed by atoms with E-state index in [1.807, 2.05) is 23.6 Å². The van der Waals surface area contributed by atoms with Gasteiger partial charge in [0.25, 0.3) is 0 Å². The lowest BCUT2D eigenvalue weighted by atomic mass is 10.3. The number of hydrogen-bond donors (Lipinski definition) is 1. The van der Waals surface area contributed by atoms with Crippen molar-refractivity contribution in [2.45, 2.75) is 4.90 Å². The van der Waals surface area contributed by atoms with E-state index in [9.17, 15) is 0 Å². The zero-order valence-electron chi connectivity index (χ0n) is 10.1. The van der Waals surface area contributed by atoms with E-state index in [1.54, 1.807) is 23.1 Å². The predicted molar refractivity (Wildman–Crippen MR) is 83.9 cm³/mol. The smallest absolute Gasteiger partial charge is 0.225 e. The van der Waals surface area contributed by atoms with Crippen LogP contribution in [0.3, 0.4) is 0 Å². The number of fused-ring (bicyclic) bond motifs is 1. The Morgan fingerprint density at radius 1 is 1.26 bits per heavy atom. The summed E-state index contributed by atoms with van der Waals surface area (Å²) in [7, 11) is 0. The van der Waals surface area contributed by atoms with Crippen LogP contribution in [0, 0.1) is 0 Å². The third kappa shape index (κ3) is 2.68. The number of aromatic nitrogens is 2. The van der Waals surface area contributed by atoms with Gasteiger partial charge < -0.3 is 5.32 Å². The van der Waals surface area contributed by atoms with E-state index in [1.165, 1.54) is 4.90 Å². The molecule has 0 radical (unpaired) electrons. The Morgan fingerprint density at radius 3 is 3.00 bits per heavy atom. The van der Waals surface area contributed by atoms with Crippen LogP contribution < -0.4 is 5.32 Å². The highest BCUT2D eigenvalue weighted by Crippen LogP contribution is 2.29. The topological polar surface area (TPSA) is 37.8 Å². The van der Waals surface area contributed by atoms with Crippen molar-refractivity contribution in [1.82, 2.24) is 9.97 Å². The molecule has 3 rings (SSSR count). The average Bonchev–Trinajstić information content (AvgIpc) is 2.87. The number of nitrogens with zero attached hydrogens (tertiary/aromatic N) is 2. The predicted octanol–water partition coefficient (Wildman–Crippen LogP) is 4.81. The lowest BCUT2D eigenvalue weighted by Crippen LogP contribution is -1.95. The van der Waals surface area contributed by atoms with E-state index >= 15 is 0 Å². The van der Waals surface area contributed by atoms with E-state index in [-0.39, 0.29) is 5.28 Å². The van der Waals surface area contributed by atoms with Gasteiger partial charge in [-0.05, 0) is 47.5 Å². The van der Waals surface area contributed by atoms with Gasteiger partial charge in [0.1, 0.15) is 10.6 Å². The molecule has 1 N–H and O–H groups in total. The van der Waals surface area contributed by atoms with Gasteiger partial charge in [0, 0.05) is 10.6 Å². The second-order valence-corrected chi connectivity index (χ2v) is 5.95. The van der Waals surface area contributed by atoms with Crippen molar-refractivity contribution in [2.24, 2.45) is 0 Å². The summed E-state index contributed by atoms with van der Waals surface area (Å²) in [6.07, 6.45) is 2.05. The fraction of sp³-hybridized carbons (Fsp3) is 0.0769. The first-order valence-electron chi connectivity index (χ1n) is 5.58. The Bertz CT molecular complexity index is 727. The lowest BCUT2D eigenvalue weighted by molar-refractivity contribution is 1.23. The molecule has 3 nitrogen and oxygen atoms in total. The maximum atomic E-state index is 5.95. The third-order valence-corrected chi connectivity index (χ3v) is 4.33. The molecule has 2 aromatic heterocycles. The van der Waals surface area contributed by atoms with Crippen LogP contribution in [0.4, 0.5) is 11.5 Å². The molecule has 0 fully saturated rings. The minimum absolute atomic E-state index is 0.262. The normalized spacial score (nSPS) is 10.8. The fourth-order valence-electron chi connectivity index (χ4n) is 1.76. The SMILES string of the molecule is CSc1cccc(Nc2nc(Cl)nc3sccc23)c1. The van der Waals surface area contributed by atoms with Gasteiger partial charge in [-0.15, -0.1) is 23.1 Å². The van der Waals surface area contributed by atoms with Crippen molar-refractivity contribution in [3.05, 3.63) is 41.0 Å². The molecule has 0 spiro atoms. The maximum absolute atomic E-state index is 5.95. The van der Waals surface area contributed by atoms with Crippen molar-refractivity contribution in [3.8, 4) is 0 Å². The number of hydrogen-bond acceptors (Lipinski definition) is 5. The van der Waals surface area contributed by atoms with Crippen molar-refractivity contribution < 1.29 is 0 Å². The van der Waals surface area contributed by atoms with Crippen molar-refractivity contribution >= 4 is 56.4 Å². The first kappa shape index (κ1) is 12.7. The van der Waals surface area contributed by atoms with Gasteiger partial charge in [0.15, 0.2) is 0 Å². The molecule has 96 valence electrons. The number of nitrogens with one attached hydrogen (secondary N) is 1. The highest BCUT2D eigenvalue weighted by molar-refractivity contribution is 7.98. The minimum atomic E-state index is 0.262. The first-order valence-corrected chi connectivity index (χ1v) is 8.06. The Hall–Kier alpha value is -1.30. The minimum Gasteiger partial charge on any atom is -0.340 e. The molecule has 3 aromatic rings. The molecule has 0 saturated carbocycles. The van der Waals surface area contributed by atoms with Crippen LogP contribution in [0.1, 0.15) is 0 Å². The average molecular weight is 308 g/mol. The molecule has 0 aliphatic heterocycles. The van der Waals surface area contributed by atoms with Crippen molar-refractivity contribution in [2.75, 3.05) is 11.6 Å². The highest BCUT2D eigenvalue weighted by atomic mass is 35.5. The second kappa shape index (κ2) is 5.36. The Labute approximate surface area is 124 Å². The number of thioether (sulfide) groups is 1. The summed E-state index contributed by atoms with van der Waals surface area (Å²) < 4.78 is 0. The highest BCUT2D eigenvalue weighted by Gasteiger charge is 2.08. The summed E-state index contributed by atoms with van der Waals surface area (Å²) in [5.74, 6) is 0.745. The molecule has 0 amide bonds. The molecule has 1 aromatic carbocycles. The lowest BCUT2D eigenvalue weighted by Gasteiger charge is -2.08. The van der Waals surface area contributed by atoms with Gasteiger partial charge in [0.2, 0.25) is 5.28 Å². The molecular weight excluding hydrogens is 298 g/mol. The van der Waals surface area contributed by atoms with E-state index < -0.39 is 0 Å². The Balaban J connectivity index is 2.02. The number of thiophene rings is 1. The first-order chi connectivity index (χ1) is 9.26. The van der Waals surface area contributed by atoms with Crippen LogP contribution in [0.5, 0.6) is 0 Å². The van der Waals surface area contributed by atoms with Crippen molar-refractivity contribution in [3.63, 3.8) is 0 Å². The molecule has 0 saturated heterocycles. The van der Waals surface area contributed by atoms with E-state index in [4.69, 9.17) is 11.6 Å². The van der Waals surface area contributed by atoms with Crippen molar-refractivity contribution in [1.29, 1.82) is 0 Å². The molecule has 0 aliphatic carbocycles. The summed E-state index contributed by atoms with van der Waals surface area (Å²) in [5, 5.41) is 6.54. The molecule has 2 heterocycles. The summed E-state index contributed by atoms with van der Waals surface area (Å²) in [6.45, 7) is 0. The summed E-state index contributed by atoms with van der Waals surface area (Å²) in [4.78, 5) is 10.6. The summed E-state index contributed by atoms with van der Waals surface area (Å²) in [6, 6.07) is 10.2. The van der Waals surface area contributed by atoms with Crippen LogP contribution in [0.25, 0.3) is 10.2 Å². The zero-order chi connectivity index (χ0) is 13.2. The Morgan fingerprint density at radius 2 is 2.16 bits per heavy atom. The number of rotatable bonds is 3. The fourth-order valence-corrected chi connectivity index (χ4v) is 3.20. The van der Waals surface area contributed by atoms with Gasteiger partial charge in [-0.2, -0.15) is 4.98 Å². The third-order valence-electron chi connectivity index (χ3n) is 2.63. The number of benzene rings is 1. The molecular formula is C13H10ClN3S2. The van der Waals surface area contributed by atoms with E-state index in [2.05, 4.69) is 33.7 Å². The number of halogens is 1. The quantitative estimate of drug-likeness (QED) is 0.556. The van der Waals surface area contributed by atoms with E-state index in [0.29, 0.717) is 0 Å². The van der Waals surface area contributed by atoms with Gasteiger partial charge in [-0.1, -0.05) is 6.07 Å². The molecule has 19 heavy (non-hydrogen) atoms. The summed E-state index contributed by atoms with van der Waals surface area (Å²) in [5.41, 5.74) is 0.995. The zero-order valence-corrected chi connectivity index (χ0v) is 12.4. The standard InChI is InChI=1S/C13H10ClN3S2/c1-18-9-4-2-3-8(7-9)15-11-10-5-6-19-12(10)17-13(14)16-11/h2-7H,1H3,(H,15,16,17). The van der Waals surface area contributed by atoms with Crippen LogP contribution in [-0.4, -0.2) is 16.2 Å². The van der Waals surface area contributed by atoms with Crippen LogP contribution in [-0.2, 0) is 0 Å². The number of anilines is 2. The second-order valence-electron chi connectivity index (χ2n) is 3.84. The van der Waals surface area contributed by atoms with Crippen LogP contribution >= 0.6 is 34.7 Å². The van der Waals surface area contributed by atoms with Gasteiger partial charge >= 0.3 is 0 Å². The van der Waals surface area contributed by atoms with Gasteiger partial charge in [-0.3, -0.25) is 0 Å². The summed E-state index contributed by atoms with van der Waals surface area (Å²) >= 11 is 9.21. The molecule has 0 aliphatic rings. The van der Waals surface area contributed by atoms with Crippen LogP contribution in [0.15, 0.2) is 40.6 Å². The van der Waals surface area contributed by atoms with Gasteiger partial charge in [-0.25, -0.2) is 4.98 Å². The van der Waals surface area contributed by atoms with E-state index in [0.717, 1.165) is 21.7 Å². The maximum Gasteiger partial charge on any atom is 0.225 e. The molecule has 0 bridgehead atoms. The monoisotopic (exact) mass is 307 g/mol. The van der Waals surface area contributed by atoms with Crippen LogP contribution in [0.2, 0.25) is 5.28 Å². The largest absolute Gasteiger partial charge is 0.340 e. The van der Waals surface area contributed by atoms with Gasteiger partial charge in [0.05, 0.1) is 5.39 Å².